The standard InChI is InChI=1S/C7H15O2P.Al.Zn.3H/c1-3-4-5-6-7(2)10(8)9;;;;;/h7H,3-6H2,1-2H3;;;;;/p+1. The Morgan fingerprint density at radius 3 is 2.25 bits per heavy atom. The zero-order valence-corrected chi connectivity index (χ0v) is 11.3. The fourth-order valence-corrected chi connectivity index (χ4v) is 1.20. The summed E-state index contributed by atoms with van der Waals surface area (Å²) in [5.41, 5.74) is -0.0125. The summed E-state index contributed by atoms with van der Waals surface area (Å²) >= 11 is 0. The van der Waals surface area contributed by atoms with E-state index < -0.39 is 8.03 Å². The molecule has 2 unspecified atom stereocenters. The van der Waals surface area contributed by atoms with Gasteiger partial charge in [-0.15, -0.1) is 0 Å². The van der Waals surface area contributed by atoms with Gasteiger partial charge < -0.3 is 0 Å². The fraction of sp³-hybridized carbons (Fsp3) is 1.00. The van der Waals surface area contributed by atoms with Crippen LogP contribution in [0, 0.1) is 0 Å². The van der Waals surface area contributed by atoms with Crippen LogP contribution in [0.25, 0.3) is 0 Å². The van der Waals surface area contributed by atoms with E-state index in [-0.39, 0.29) is 42.5 Å². The molecule has 0 radical (unpaired) electrons. The molecule has 0 saturated carbocycles. The Labute approximate surface area is 99.3 Å². The van der Waals surface area contributed by atoms with Crippen LogP contribution in [-0.2, 0) is 24.0 Å². The molecule has 1 N–H and O–H groups in total. The Bertz CT molecular complexity index is 114. The Morgan fingerprint density at radius 2 is 1.92 bits per heavy atom. The molecule has 0 bridgehead atoms. The quantitative estimate of drug-likeness (QED) is 0.461. The van der Waals surface area contributed by atoms with E-state index in [1.165, 1.54) is 12.8 Å². The average Bonchev–Trinajstić information content (AvgIpc) is 1.88. The van der Waals surface area contributed by atoms with E-state index in [4.69, 9.17) is 4.89 Å². The minimum atomic E-state index is -1.93. The number of unbranched alkanes of at least 4 members (excludes halogenated alkanes) is 2. The van der Waals surface area contributed by atoms with E-state index in [9.17, 15) is 4.57 Å². The van der Waals surface area contributed by atoms with Crippen LogP contribution < -0.4 is 0 Å². The molecule has 0 aromatic carbocycles. The second kappa shape index (κ2) is 12.2. The molecular formula is C7H19AlO2PZn+. The predicted octanol–water partition coefficient (Wildman–Crippen LogP) is 1.50. The summed E-state index contributed by atoms with van der Waals surface area (Å²) in [4.78, 5) is 8.63. The molecule has 0 heterocycles. The minimum absolute atomic E-state index is 0. The maximum absolute atomic E-state index is 10.4. The van der Waals surface area contributed by atoms with Gasteiger partial charge in [-0.05, 0) is 24.3 Å². The molecule has 0 amide bonds. The van der Waals surface area contributed by atoms with E-state index in [1.54, 1.807) is 0 Å². The van der Waals surface area contributed by atoms with Crippen molar-refractivity contribution in [1.29, 1.82) is 0 Å². The summed E-state index contributed by atoms with van der Waals surface area (Å²) in [7, 11) is -1.93. The van der Waals surface area contributed by atoms with Crippen molar-refractivity contribution >= 4 is 25.4 Å². The molecule has 0 rings (SSSR count). The van der Waals surface area contributed by atoms with Crippen LogP contribution in [-0.4, -0.2) is 27.9 Å². The number of hydrogen-bond donors (Lipinski definition) is 1. The molecule has 0 spiro atoms. The van der Waals surface area contributed by atoms with E-state index >= 15 is 0 Å². The van der Waals surface area contributed by atoms with Crippen LogP contribution in [0.3, 0.4) is 0 Å². The molecule has 0 aliphatic heterocycles. The first-order chi connectivity index (χ1) is 4.68. The smallest absolute Gasteiger partial charge is 0.161 e. The fourth-order valence-electron chi connectivity index (χ4n) is 0.800. The van der Waals surface area contributed by atoms with Crippen LogP contribution in [0.4, 0.5) is 0 Å². The SMILES string of the molecule is CCCCCC(C)[P+](=O)O.[AlH3].[Zn]. The molecule has 0 aliphatic rings. The van der Waals surface area contributed by atoms with Gasteiger partial charge in [-0.1, -0.05) is 19.8 Å². The topological polar surface area (TPSA) is 37.3 Å². The van der Waals surface area contributed by atoms with Crippen LogP contribution in [0.2, 0.25) is 0 Å². The van der Waals surface area contributed by atoms with E-state index in [0.29, 0.717) is 0 Å². The Kier molecular flexibility index (Phi) is 19.2. The van der Waals surface area contributed by atoms with Crippen molar-refractivity contribution < 1.29 is 28.9 Å². The summed E-state index contributed by atoms with van der Waals surface area (Å²) in [5.74, 6) is 0. The summed E-state index contributed by atoms with van der Waals surface area (Å²) in [5, 5.41) is 0. The van der Waals surface area contributed by atoms with Crippen LogP contribution >= 0.6 is 8.03 Å². The van der Waals surface area contributed by atoms with Crippen molar-refractivity contribution in [1.82, 2.24) is 0 Å². The predicted molar refractivity (Wildman–Crippen MR) is 53.4 cm³/mol. The van der Waals surface area contributed by atoms with Crippen LogP contribution in [0.15, 0.2) is 0 Å². The van der Waals surface area contributed by atoms with E-state index in [1.807, 2.05) is 6.92 Å². The van der Waals surface area contributed by atoms with Crippen molar-refractivity contribution in [3.63, 3.8) is 0 Å². The van der Waals surface area contributed by atoms with Gasteiger partial charge in [0.2, 0.25) is 0 Å². The normalized spacial score (nSPS) is 12.4. The van der Waals surface area contributed by atoms with Crippen molar-refractivity contribution in [2.24, 2.45) is 0 Å². The van der Waals surface area contributed by atoms with Crippen LogP contribution in [0.1, 0.15) is 39.5 Å². The van der Waals surface area contributed by atoms with Gasteiger partial charge in [-0.25, -0.2) is 0 Å². The van der Waals surface area contributed by atoms with Gasteiger partial charge in [0.15, 0.2) is 23.0 Å². The van der Waals surface area contributed by atoms with Crippen molar-refractivity contribution in [2.45, 2.75) is 45.2 Å². The summed E-state index contributed by atoms with van der Waals surface area (Å²) < 4.78 is 10.4. The van der Waals surface area contributed by atoms with E-state index in [0.717, 1.165) is 12.8 Å². The monoisotopic (exact) mass is 257 g/mol. The molecule has 0 saturated heterocycles. The Morgan fingerprint density at radius 1 is 1.42 bits per heavy atom. The van der Waals surface area contributed by atoms with E-state index in [2.05, 4.69) is 6.92 Å². The third kappa shape index (κ3) is 11.2. The average molecular weight is 259 g/mol. The number of hydrogen-bond acceptors (Lipinski definition) is 1. The summed E-state index contributed by atoms with van der Waals surface area (Å²) in [6.07, 6.45) is 4.32. The van der Waals surface area contributed by atoms with Crippen molar-refractivity contribution in [2.75, 3.05) is 0 Å². The molecule has 2 atom stereocenters. The van der Waals surface area contributed by atoms with Gasteiger partial charge >= 0.3 is 8.03 Å². The van der Waals surface area contributed by atoms with Gasteiger partial charge in [0.25, 0.3) is 0 Å². The van der Waals surface area contributed by atoms with Gasteiger partial charge in [0.05, 0.1) is 0 Å². The largest absolute Gasteiger partial charge is 0.508 e. The molecule has 0 aliphatic carbocycles. The molecule has 0 aromatic rings. The first-order valence-corrected chi connectivity index (χ1v) is 5.12. The maximum atomic E-state index is 10.4. The van der Waals surface area contributed by atoms with Gasteiger partial charge in [-0.3, -0.25) is 0 Å². The zero-order valence-electron chi connectivity index (χ0n) is 7.42. The Balaban J connectivity index is -0.000000405. The third-order valence-corrected chi connectivity index (χ3v) is 2.61. The first-order valence-electron chi connectivity index (χ1n) is 3.83. The summed E-state index contributed by atoms with van der Waals surface area (Å²) in [6.45, 7) is 3.96. The molecule has 0 aromatic heterocycles. The third-order valence-electron chi connectivity index (χ3n) is 1.60. The minimum Gasteiger partial charge on any atom is -0.161 e. The van der Waals surface area contributed by atoms with Gasteiger partial charge in [0, 0.05) is 19.5 Å². The van der Waals surface area contributed by atoms with Gasteiger partial charge in [0.1, 0.15) is 0 Å². The molecule has 2 nitrogen and oxygen atoms in total. The molecule has 5 heteroatoms. The van der Waals surface area contributed by atoms with Gasteiger partial charge in [-0.2, -0.15) is 4.89 Å². The second-order valence-electron chi connectivity index (χ2n) is 2.65. The molecular weight excluding hydrogens is 239 g/mol. The number of rotatable bonds is 5. The molecule has 12 heavy (non-hydrogen) atoms. The Hall–Kier alpha value is 1.22. The zero-order chi connectivity index (χ0) is 7.98. The maximum Gasteiger partial charge on any atom is 0.508 e. The molecule has 68 valence electrons. The van der Waals surface area contributed by atoms with Crippen molar-refractivity contribution in [3.8, 4) is 0 Å². The second-order valence-corrected chi connectivity index (χ2v) is 4.13. The van der Waals surface area contributed by atoms with Crippen LogP contribution in [0.5, 0.6) is 0 Å². The summed E-state index contributed by atoms with van der Waals surface area (Å²) in [6, 6.07) is 0. The van der Waals surface area contributed by atoms with Crippen molar-refractivity contribution in [3.05, 3.63) is 0 Å². The first kappa shape index (κ1) is 18.9. The molecule has 0 fully saturated rings.